The number of carbonyl (C=O) groups excluding carboxylic acids is 1. The first kappa shape index (κ1) is 11.7. The van der Waals surface area contributed by atoms with Crippen molar-refractivity contribution in [1.82, 2.24) is 0 Å². The Morgan fingerprint density at radius 1 is 1.38 bits per heavy atom. The van der Waals surface area contributed by atoms with Crippen LogP contribution in [-0.4, -0.2) is 13.1 Å². The number of rotatable bonds is 3. The summed E-state index contributed by atoms with van der Waals surface area (Å²) in [5.41, 5.74) is 1.38. The minimum absolute atomic E-state index is 0.300. The van der Waals surface area contributed by atoms with Crippen molar-refractivity contribution in [1.29, 1.82) is 10.5 Å². The van der Waals surface area contributed by atoms with E-state index in [1.54, 1.807) is 24.3 Å². The lowest BCUT2D eigenvalue weighted by molar-refractivity contribution is -0.143. The lowest BCUT2D eigenvalue weighted by atomic mass is 10.00. The van der Waals surface area contributed by atoms with Crippen molar-refractivity contribution < 1.29 is 9.53 Å². The van der Waals surface area contributed by atoms with Crippen molar-refractivity contribution in [2.24, 2.45) is 5.92 Å². The highest BCUT2D eigenvalue weighted by atomic mass is 16.5. The minimum atomic E-state index is -0.794. The summed E-state index contributed by atoms with van der Waals surface area (Å²) in [6.07, 6.45) is 0.300. The Labute approximate surface area is 93.7 Å². The number of nitriles is 2. The van der Waals surface area contributed by atoms with Crippen LogP contribution in [0.5, 0.6) is 0 Å². The minimum Gasteiger partial charge on any atom is -0.468 e. The highest BCUT2D eigenvalue weighted by molar-refractivity contribution is 5.75. The third kappa shape index (κ3) is 2.83. The molecule has 4 nitrogen and oxygen atoms in total. The van der Waals surface area contributed by atoms with Crippen LogP contribution in [0, 0.1) is 28.6 Å². The van der Waals surface area contributed by atoms with Gasteiger partial charge in [-0.15, -0.1) is 0 Å². The summed E-state index contributed by atoms with van der Waals surface area (Å²) in [7, 11) is 1.26. The number of hydrogen-bond donors (Lipinski definition) is 0. The maximum absolute atomic E-state index is 11.2. The molecule has 1 aromatic rings. The van der Waals surface area contributed by atoms with Crippen LogP contribution in [0.3, 0.4) is 0 Å². The van der Waals surface area contributed by atoms with Crippen LogP contribution in [0.15, 0.2) is 24.3 Å². The normalized spacial score (nSPS) is 10.9. The van der Waals surface area contributed by atoms with Gasteiger partial charge in [-0.3, -0.25) is 4.79 Å². The Morgan fingerprint density at radius 3 is 2.44 bits per heavy atom. The molecule has 1 aromatic carbocycles. The van der Waals surface area contributed by atoms with Crippen molar-refractivity contribution in [3.05, 3.63) is 35.4 Å². The van der Waals surface area contributed by atoms with Gasteiger partial charge in [0.25, 0.3) is 0 Å². The van der Waals surface area contributed by atoms with Crippen LogP contribution in [0.2, 0.25) is 0 Å². The Hall–Kier alpha value is -2.33. The summed E-state index contributed by atoms with van der Waals surface area (Å²) in [6.45, 7) is 0. The van der Waals surface area contributed by atoms with E-state index in [0.29, 0.717) is 12.0 Å². The van der Waals surface area contributed by atoms with Gasteiger partial charge in [-0.05, 0) is 24.1 Å². The van der Waals surface area contributed by atoms with E-state index in [1.807, 2.05) is 12.1 Å². The average molecular weight is 214 g/mol. The third-order valence-corrected chi connectivity index (χ3v) is 2.16. The molecule has 0 aliphatic carbocycles. The van der Waals surface area contributed by atoms with Gasteiger partial charge in [0, 0.05) is 0 Å². The maximum Gasteiger partial charge on any atom is 0.323 e. The molecule has 0 amide bonds. The fourth-order valence-corrected chi connectivity index (χ4v) is 1.28. The zero-order valence-electron chi connectivity index (χ0n) is 8.80. The van der Waals surface area contributed by atoms with Crippen molar-refractivity contribution in [2.75, 3.05) is 7.11 Å². The molecule has 0 N–H and O–H groups in total. The van der Waals surface area contributed by atoms with Crippen LogP contribution >= 0.6 is 0 Å². The van der Waals surface area contributed by atoms with E-state index in [2.05, 4.69) is 4.74 Å². The topological polar surface area (TPSA) is 73.9 Å². The molecule has 0 bridgehead atoms. The standard InChI is InChI=1S/C12H10N2O2/c1-16-12(15)11(8-14)6-9-2-4-10(7-13)5-3-9/h2-5,11H,6H2,1H3/t11-/m1/s1. The molecule has 16 heavy (non-hydrogen) atoms. The zero-order chi connectivity index (χ0) is 12.0. The monoisotopic (exact) mass is 214 g/mol. The third-order valence-electron chi connectivity index (χ3n) is 2.16. The number of ether oxygens (including phenoxy) is 1. The summed E-state index contributed by atoms with van der Waals surface area (Å²) in [5, 5.41) is 17.4. The van der Waals surface area contributed by atoms with E-state index in [-0.39, 0.29) is 0 Å². The number of carbonyl (C=O) groups is 1. The molecule has 0 aliphatic heterocycles. The van der Waals surface area contributed by atoms with Crippen LogP contribution in [0.4, 0.5) is 0 Å². The molecule has 1 rings (SSSR count). The molecule has 4 heteroatoms. The zero-order valence-corrected chi connectivity index (χ0v) is 8.80. The Balaban J connectivity index is 2.76. The van der Waals surface area contributed by atoms with E-state index in [4.69, 9.17) is 10.5 Å². The van der Waals surface area contributed by atoms with E-state index in [1.165, 1.54) is 7.11 Å². The summed E-state index contributed by atoms with van der Waals surface area (Å²) in [5.74, 6) is -1.33. The second-order valence-corrected chi connectivity index (χ2v) is 3.22. The van der Waals surface area contributed by atoms with Gasteiger partial charge in [0.1, 0.15) is 5.92 Å². The average Bonchev–Trinajstić information content (AvgIpc) is 2.35. The summed E-state index contributed by atoms with van der Waals surface area (Å²) >= 11 is 0. The molecule has 0 unspecified atom stereocenters. The fourth-order valence-electron chi connectivity index (χ4n) is 1.28. The van der Waals surface area contributed by atoms with Gasteiger partial charge < -0.3 is 4.74 Å². The molecule has 0 aliphatic rings. The first-order valence-electron chi connectivity index (χ1n) is 4.67. The second kappa shape index (κ2) is 5.53. The van der Waals surface area contributed by atoms with Crippen LogP contribution in [0.25, 0.3) is 0 Å². The summed E-state index contributed by atoms with van der Waals surface area (Å²) in [6, 6.07) is 10.7. The molecule has 0 spiro atoms. The molecule has 0 fully saturated rings. The van der Waals surface area contributed by atoms with Crippen molar-refractivity contribution in [3.8, 4) is 12.1 Å². The maximum atomic E-state index is 11.2. The predicted octanol–water partition coefficient (Wildman–Crippen LogP) is 1.41. The smallest absolute Gasteiger partial charge is 0.323 e. The highest BCUT2D eigenvalue weighted by Crippen LogP contribution is 2.11. The first-order chi connectivity index (χ1) is 7.71. The number of nitrogens with zero attached hydrogens (tertiary/aromatic N) is 2. The first-order valence-corrected chi connectivity index (χ1v) is 4.67. The summed E-state index contributed by atoms with van der Waals surface area (Å²) < 4.78 is 4.51. The summed E-state index contributed by atoms with van der Waals surface area (Å²) in [4.78, 5) is 11.2. The van der Waals surface area contributed by atoms with E-state index in [0.717, 1.165) is 5.56 Å². The Kier molecular flexibility index (Phi) is 4.06. The van der Waals surface area contributed by atoms with E-state index in [9.17, 15) is 4.79 Å². The van der Waals surface area contributed by atoms with Crippen molar-refractivity contribution in [3.63, 3.8) is 0 Å². The predicted molar refractivity (Wildman–Crippen MR) is 56.0 cm³/mol. The van der Waals surface area contributed by atoms with Gasteiger partial charge in [0.2, 0.25) is 0 Å². The largest absolute Gasteiger partial charge is 0.468 e. The number of hydrogen-bond acceptors (Lipinski definition) is 4. The van der Waals surface area contributed by atoms with Gasteiger partial charge in [0.05, 0.1) is 24.8 Å². The quantitative estimate of drug-likeness (QED) is 0.713. The van der Waals surface area contributed by atoms with E-state index < -0.39 is 11.9 Å². The molecule has 0 aromatic heterocycles. The van der Waals surface area contributed by atoms with Gasteiger partial charge in [-0.2, -0.15) is 10.5 Å². The van der Waals surface area contributed by atoms with Crippen LogP contribution < -0.4 is 0 Å². The molecule has 0 saturated heterocycles. The van der Waals surface area contributed by atoms with Crippen molar-refractivity contribution >= 4 is 5.97 Å². The van der Waals surface area contributed by atoms with Gasteiger partial charge in [-0.1, -0.05) is 12.1 Å². The van der Waals surface area contributed by atoms with Crippen molar-refractivity contribution in [2.45, 2.75) is 6.42 Å². The number of methoxy groups -OCH3 is 1. The van der Waals surface area contributed by atoms with Gasteiger partial charge in [-0.25, -0.2) is 0 Å². The second-order valence-electron chi connectivity index (χ2n) is 3.22. The molecule has 1 atom stereocenters. The lowest BCUT2D eigenvalue weighted by Gasteiger charge is -2.06. The molecule has 0 heterocycles. The Morgan fingerprint density at radius 2 is 2.00 bits per heavy atom. The number of esters is 1. The molecule has 80 valence electrons. The molecule has 0 saturated carbocycles. The molecule has 0 radical (unpaired) electrons. The SMILES string of the molecule is COC(=O)[C@@H](C#N)Cc1ccc(C#N)cc1. The number of benzene rings is 1. The molecular formula is C12H10N2O2. The Bertz CT molecular complexity index is 451. The van der Waals surface area contributed by atoms with Crippen LogP contribution in [-0.2, 0) is 16.0 Å². The lowest BCUT2D eigenvalue weighted by Crippen LogP contribution is -2.16. The van der Waals surface area contributed by atoms with Gasteiger partial charge in [0.15, 0.2) is 0 Å². The molecular weight excluding hydrogens is 204 g/mol. The highest BCUT2D eigenvalue weighted by Gasteiger charge is 2.18. The van der Waals surface area contributed by atoms with Gasteiger partial charge >= 0.3 is 5.97 Å². The fraction of sp³-hybridized carbons (Fsp3) is 0.250. The van der Waals surface area contributed by atoms with E-state index >= 15 is 0 Å². The van der Waals surface area contributed by atoms with Crippen LogP contribution in [0.1, 0.15) is 11.1 Å².